The molecule has 0 bridgehead atoms. The van der Waals surface area contributed by atoms with Crippen LogP contribution in [0.1, 0.15) is 12.8 Å². The first-order valence-corrected chi connectivity index (χ1v) is 5.49. The molecule has 16 heavy (non-hydrogen) atoms. The number of carbonyl (C=O) groups is 1. The Morgan fingerprint density at radius 2 is 1.88 bits per heavy atom. The summed E-state index contributed by atoms with van der Waals surface area (Å²) in [4.78, 5) is 13.0. The van der Waals surface area contributed by atoms with Crippen LogP contribution < -0.4 is 16.4 Å². The summed E-state index contributed by atoms with van der Waals surface area (Å²) in [6, 6.07) is 7.77. The van der Waals surface area contributed by atoms with Gasteiger partial charge in [-0.1, -0.05) is 12.1 Å². The predicted octanol–water partition coefficient (Wildman–Crippen LogP) is 0.765. The monoisotopic (exact) mass is 219 g/mol. The first-order chi connectivity index (χ1) is 7.64. The minimum Gasteiger partial charge on any atom is -0.397 e. The number of piperidine rings is 1. The fourth-order valence-corrected chi connectivity index (χ4v) is 2.06. The van der Waals surface area contributed by atoms with E-state index in [0.717, 1.165) is 30.8 Å². The molecule has 0 radical (unpaired) electrons. The molecular weight excluding hydrogens is 202 g/mol. The summed E-state index contributed by atoms with van der Waals surface area (Å²) in [5.74, 6) is 0. The molecule has 0 aromatic heterocycles. The van der Waals surface area contributed by atoms with Gasteiger partial charge in [-0.25, -0.2) is 0 Å². The summed E-state index contributed by atoms with van der Waals surface area (Å²) < 4.78 is 0. The highest BCUT2D eigenvalue weighted by molar-refractivity contribution is 5.69. The van der Waals surface area contributed by atoms with E-state index in [-0.39, 0.29) is 0 Å². The van der Waals surface area contributed by atoms with Gasteiger partial charge in [-0.05, 0) is 25.0 Å². The van der Waals surface area contributed by atoms with E-state index in [4.69, 9.17) is 11.5 Å². The van der Waals surface area contributed by atoms with E-state index in [1.54, 1.807) is 0 Å². The Bertz CT molecular complexity index is 384. The van der Waals surface area contributed by atoms with Gasteiger partial charge in [-0.2, -0.15) is 0 Å². The topological polar surface area (TPSA) is 72.3 Å². The molecule has 2 rings (SSSR count). The van der Waals surface area contributed by atoms with Gasteiger partial charge >= 0.3 is 0 Å². The summed E-state index contributed by atoms with van der Waals surface area (Å²) in [5.41, 5.74) is 13.0. The van der Waals surface area contributed by atoms with Crippen LogP contribution in [0.25, 0.3) is 0 Å². The maximum atomic E-state index is 10.8. The summed E-state index contributed by atoms with van der Waals surface area (Å²) >= 11 is 0. The van der Waals surface area contributed by atoms with Crippen LogP contribution in [0.4, 0.5) is 11.4 Å². The van der Waals surface area contributed by atoms with Crippen molar-refractivity contribution in [3.8, 4) is 0 Å². The van der Waals surface area contributed by atoms with Crippen molar-refractivity contribution in [2.45, 2.75) is 18.4 Å². The second-order valence-corrected chi connectivity index (χ2v) is 4.40. The highest BCUT2D eigenvalue weighted by Gasteiger charge is 2.30. The largest absolute Gasteiger partial charge is 0.397 e. The van der Waals surface area contributed by atoms with Crippen molar-refractivity contribution in [2.24, 2.45) is 5.73 Å². The Kier molecular flexibility index (Phi) is 2.83. The number of carbonyl (C=O) groups excluding carboxylic acids is 1. The van der Waals surface area contributed by atoms with E-state index in [0.29, 0.717) is 12.8 Å². The Hall–Kier alpha value is -1.55. The molecule has 0 atom stereocenters. The fourth-order valence-electron chi connectivity index (χ4n) is 2.06. The Balaban J connectivity index is 2.10. The van der Waals surface area contributed by atoms with E-state index < -0.39 is 5.54 Å². The van der Waals surface area contributed by atoms with Gasteiger partial charge in [0, 0.05) is 13.1 Å². The molecule has 1 aliphatic rings. The molecule has 1 fully saturated rings. The maximum absolute atomic E-state index is 10.8. The van der Waals surface area contributed by atoms with E-state index >= 15 is 0 Å². The van der Waals surface area contributed by atoms with Gasteiger partial charge in [-0.15, -0.1) is 0 Å². The average molecular weight is 219 g/mol. The number of benzene rings is 1. The average Bonchev–Trinajstić information content (AvgIpc) is 2.31. The van der Waals surface area contributed by atoms with Crippen LogP contribution in [-0.4, -0.2) is 24.9 Å². The second kappa shape index (κ2) is 4.14. The van der Waals surface area contributed by atoms with Crippen LogP contribution in [0, 0.1) is 0 Å². The Morgan fingerprint density at radius 3 is 2.44 bits per heavy atom. The molecule has 1 aliphatic heterocycles. The van der Waals surface area contributed by atoms with Crippen molar-refractivity contribution in [3.05, 3.63) is 24.3 Å². The second-order valence-electron chi connectivity index (χ2n) is 4.40. The SMILES string of the molecule is Nc1ccccc1N1CCC(N)(C=O)CC1. The molecule has 0 unspecified atom stereocenters. The molecule has 1 heterocycles. The summed E-state index contributed by atoms with van der Waals surface area (Å²) in [6.07, 6.45) is 2.24. The first kappa shape index (κ1) is 11.0. The Morgan fingerprint density at radius 1 is 1.25 bits per heavy atom. The van der Waals surface area contributed by atoms with Gasteiger partial charge in [0.2, 0.25) is 0 Å². The third-order valence-electron chi connectivity index (χ3n) is 3.21. The van der Waals surface area contributed by atoms with E-state index in [1.165, 1.54) is 0 Å². The number of nitrogens with two attached hydrogens (primary N) is 2. The molecule has 1 aromatic carbocycles. The van der Waals surface area contributed by atoms with Gasteiger partial charge in [0.25, 0.3) is 0 Å². The van der Waals surface area contributed by atoms with Crippen molar-refractivity contribution in [1.29, 1.82) is 0 Å². The molecule has 0 saturated carbocycles. The summed E-state index contributed by atoms with van der Waals surface area (Å²) in [5, 5.41) is 0. The number of anilines is 2. The van der Waals surface area contributed by atoms with Gasteiger partial charge < -0.3 is 21.2 Å². The van der Waals surface area contributed by atoms with E-state index in [1.807, 2.05) is 24.3 Å². The zero-order valence-electron chi connectivity index (χ0n) is 9.23. The fraction of sp³-hybridized carbons (Fsp3) is 0.417. The number of rotatable bonds is 2. The summed E-state index contributed by atoms with van der Waals surface area (Å²) in [7, 11) is 0. The molecule has 4 nitrogen and oxygen atoms in total. The van der Waals surface area contributed by atoms with Gasteiger partial charge in [0.1, 0.15) is 6.29 Å². The molecule has 0 spiro atoms. The van der Waals surface area contributed by atoms with Crippen LogP contribution in [0.3, 0.4) is 0 Å². The zero-order chi connectivity index (χ0) is 11.6. The lowest BCUT2D eigenvalue weighted by Gasteiger charge is -2.37. The van der Waals surface area contributed by atoms with Crippen LogP contribution in [0.2, 0.25) is 0 Å². The number of aldehydes is 1. The molecule has 4 N–H and O–H groups in total. The molecule has 1 saturated heterocycles. The van der Waals surface area contributed by atoms with Crippen LogP contribution >= 0.6 is 0 Å². The highest BCUT2D eigenvalue weighted by Crippen LogP contribution is 2.27. The van der Waals surface area contributed by atoms with E-state index in [2.05, 4.69) is 4.90 Å². The standard InChI is InChI=1S/C12H17N3O/c13-10-3-1-2-4-11(10)15-7-5-12(14,9-16)6-8-15/h1-4,9H,5-8,13-14H2. The van der Waals surface area contributed by atoms with Crippen LogP contribution in [0.5, 0.6) is 0 Å². The summed E-state index contributed by atoms with van der Waals surface area (Å²) in [6.45, 7) is 1.56. The number of para-hydroxylation sites is 2. The number of nitrogens with zero attached hydrogens (tertiary/aromatic N) is 1. The van der Waals surface area contributed by atoms with Crippen LogP contribution in [0.15, 0.2) is 24.3 Å². The minimum atomic E-state index is -0.639. The molecule has 86 valence electrons. The van der Waals surface area contributed by atoms with Gasteiger partial charge in [-0.3, -0.25) is 0 Å². The van der Waals surface area contributed by atoms with Crippen molar-refractivity contribution in [3.63, 3.8) is 0 Å². The van der Waals surface area contributed by atoms with Crippen LogP contribution in [-0.2, 0) is 4.79 Å². The smallest absolute Gasteiger partial charge is 0.139 e. The molecule has 0 aliphatic carbocycles. The number of nitrogen functional groups attached to an aromatic ring is 1. The third-order valence-corrected chi connectivity index (χ3v) is 3.21. The zero-order valence-corrected chi connectivity index (χ0v) is 9.23. The lowest BCUT2D eigenvalue weighted by atomic mass is 9.90. The maximum Gasteiger partial charge on any atom is 0.139 e. The molecule has 0 amide bonds. The van der Waals surface area contributed by atoms with Gasteiger partial charge in [0.05, 0.1) is 16.9 Å². The number of hydrogen-bond donors (Lipinski definition) is 2. The van der Waals surface area contributed by atoms with E-state index in [9.17, 15) is 4.79 Å². The Labute approximate surface area is 95.2 Å². The first-order valence-electron chi connectivity index (χ1n) is 5.49. The number of hydrogen-bond acceptors (Lipinski definition) is 4. The lowest BCUT2D eigenvalue weighted by molar-refractivity contribution is -0.112. The highest BCUT2D eigenvalue weighted by atomic mass is 16.1. The van der Waals surface area contributed by atoms with Gasteiger partial charge in [0.15, 0.2) is 0 Å². The predicted molar refractivity (Wildman–Crippen MR) is 65.3 cm³/mol. The normalized spacial score (nSPS) is 19.4. The van der Waals surface area contributed by atoms with Crippen molar-refractivity contribution >= 4 is 17.7 Å². The quantitative estimate of drug-likeness (QED) is 0.569. The molecular formula is C12H17N3O. The minimum absolute atomic E-state index is 0.639. The van der Waals surface area contributed by atoms with Crippen molar-refractivity contribution in [2.75, 3.05) is 23.7 Å². The molecule has 4 heteroatoms. The van der Waals surface area contributed by atoms with Crippen molar-refractivity contribution in [1.82, 2.24) is 0 Å². The third kappa shape index (κ3) is 2.02. The molecule has 1 aromatic rings. The lowest BCUT2D eigenvalue weighted by Crippen LogP contribution is -2.51. The van der Waals surface area contributed by atoms with Crippen molar-refractivity contribution < 1.29 is 4.79 Å².